The Morgan fingerprint density at radius 1 is 1.00 bits per heavy atom. The quantitative estimate of drug-likeness (QED) is 0.945. The smallest absolute Gasteiger partial charge is 0.235 e. The average Bonchev–Trinajstić information content (AvgIpc) is 3.37. The van der Waals surface area contributed by atoms with Crippen molar-refractivity contribution in [2.75, 3.05) is 18.5 Å². The largest absolute Gasteiger partial charge is 0.486 e. The molecular formula is C19H19NO3. The Bertz CT molecular complexity index is 748. The fraction of sp³-hybridized carbons (Fsp3) is 0.316. The molecule has 1 N–H and O–H groups in total. The Morgan fingerprint density at radius 3 is 2.39 bits per heavy atom. The number of rotatable bonds is 3. The minimum Gasteiger partial charge on any atom is -0.486 e. The standard InChI is InChI=1S/C19H19NO3/c1-13-2-4-14(5-3-13)19(8-9-19)18(21)20-15-6-7-16-17(12-15)23-11-10-22-16/h2-7,12H,8-11H2,1H3,(H,20,21). The Kier molecular flexibility index (Phi) is 3.26. The predicted octanol–water partition coefficient (Wildman–Crippen LogP) is 3.44. The number of nitrogens with one attached hydrogen (secondary N) is 1. The summed E-state index contributed by atoms with van der Waals surface area (Å²) in [4.78, 5) is 12.8. The summed E-state index contributed by atoms with van der Waals surface area (Å²) in [5, 5.41) is 3.03. The van der Waals surface area contributed by atoms with E-state index in [1.54, 1.807) is 0 Å². The molecule has 118 valence electrons. The van der Waals surface area contributed by atoms with E-state index in [2.05, 4.69) is 36.5 Å². The minimum absolute atomic E-state index is 0.0537. The molecule has 0 bridgehead atoms. The van der Waals surface area contributed by atoms with E-state index in [4.69, 9.17) is 9.47 Å². The number of fused-ring (bicyclic) bond motifs is 1. The van der Waals surface area contributed by atoms with Gasteiger partial charge in [-0.1, -0.05) is 29.8 Å². The second-order valence-electron chi connectivity index (χ2n) is 6.26. The molecule has 4 rings (SSSR count). The number of carbonyl (C=O) groups is 1. The minimum atomic E-state index is -0.374. The highest BCUT2D eigenvalue weighted by atomic mass is 16.6. The normalized spacial score (nSPS) is 17.4. The van der Waals surface area contributed by atoms with Gasteiger partial charge in [-0.05, 0) is 37.5 Å². The third kappa shape index (κ3) is 2.54. The molecule has 0 radical (unpaired) electrons. The van der Waals surface area contributed by atoms with E-state index in [0.29, 0.717) is 19.0 Å². The lowest BCUT2D eigenvalue weighted by Crippen LogP contribution is -2.27. The Labute approximate surface area is 135 Å². The summed E-state index contributed by atoms with van der Waals surface area (Å²) in [6.45, 7) is 3.16. The van der Waals surface area contributed by atoms with Crippen molar-refractivity contribution in [1.82, 2.24) is 0 Å². The van der Waals surface area contributed by atoms with Gasteiger partial charge in [-0.2, -0.15) is 0 Å². The van der Waals surface area contributed by atoms with Crippen molar-refractivity contribution in [3.8, 4) is 11.5 Å². The highest BCUT2D eigenvalue weighted by Gasteiger charge is 2.51. The number of ether oxygens (including phenoxy) is 2. The summed E-state index contributed by atoms with van der Waals surface area (Å²) in [6.07, 6.45) is 1.79. The van der Waals surface area contributed by atoms with Crippen LogP contribution in [0.3, 0.4) is 0 Å². The average molecular weight is 309 g/mol. The molecule has 1 saturated carbocycles. The highest BCUT2D eigenvalue weighted by molar-refractivity contribution is 6.01. The van der Waals surface area contributed by atoms with Gasteiger partial charge in [-0.3, -0.25) is 4.79 Å². The van der Waals surface area contributed by atoms with Crippen LogP contribution in [0.25, 0.3) is 0 Å². The van der Waals surface area contributed by atoms with Gasteiger partial charge in [0.2, 0.25) is 5.91 Å². The molecule has 0 atom stereocenters. The molecule has 1 fully saturated rings. The molecular weight excluding hydrogens is 290 g/mol. The number of aryl methyl sites for hydroxylation is 1. The van der Waals surface area contributed by atoms with Crippen molar-refractivity contribution in [2.45, 2.75) is 25.2 Å². The molecule has 0 unspecified atom stereocenters. The summed E-state index contributed by atoms with van der Waals surface area (Å²) in [5.74, 6) is 1.47. The summed E-state index contributed by atoms with van der Waals surface area (Å²) in [7, 11) is 0. The molecule has 1 heterocycles. The van der Waals surface area contributed by atoms with Crippen molar-refractivity contribution in [3.63, 3.8) is 0 Å². The van der Waals surface area contributed by atoms with E-state index >= 15 is 0 Å². The molecule has 4 nitrogen and oxygen atoms in total. The number of hydrogen-bond acceptors (Lipinski definition) is 3. The Morgan fingerprint density at radius 2 is 1.70 bits per heavy atom. The molecule has 0 aromatic heterocycles. The third-order valence-corrected chi connectivity index (χ3v) is 4.59. The van der Waals surface area contributed by atoms with Crippen LogP contribution in [0.5, 0.6) is 11.5 Å². The highest BCUT2D eigenvalue weighted by Crippen LogP contribution is 2.49. The van der Waals surface area contributed by atoms with E-state index in [1.807, 2.05) is 18.2 Å². The van der Waals surface area contributed by atoms with E-state index in [9.17, 15) is 4.79 Å². The van der Waals surface area contributed by atoms with Crippen LogP contribution >= 0.6 is 0 Å². The van der Waals surface area contributed by atoms with Gasteiger partial charge in [0.05, 0.1) is 5.41 Å². The summed E-state index contributed by atoms with van der Waals surface area (Å²) in [5.41, 5.74) is 2.67. The van der Waals surface area contributed by atoms with Gasteiger partial charge in [0.25, 0.3) is 0 Å². The van der Waals surface area contributed by atoms with Crippen LogP contribution < -0.4 is 14.8 Å². The van der Waals surface area contributed by atoms with Crippen molar-refractivity contribution >= 4 is 11.6 Å². The first-order valence-electron chi connectivity index (χ1n) is 7.96. The number of benzene rings is 2. The summed E-state index contributed by atoms with van der Waals surface area (Å²) in [6, 6.07) is 13.8. The first-order valence-corrected chi connectivity index (χ1v) is 7.96. The van der Waals surface area contributed by atoms with Gasteiger partial charge in [-0.15, -0.1) is 0 Å². The topological polar surface area (TPSA) is 47.6 Å². The number of amides is 1. The van der Waals surface area contributed by atoms with Gasteiger partial charge in [0.1, 0.15) is 13.2 Å². The van der Waals surface area contributed by atoms with Crippen LogP contribution in [-0.4, -0.2) is 19.1 Å². The van der Waals surface area contributed by atoms with Crippen LogP contribution in [0.1, 0.15) is 24.0 Å². The number of carbonyl (C=O) groups excluding carboxylic acids is 1. The maximum Gasteiger partial charge on any atom is 0.235 e. The van der Waals surface area contributed by atoms with Crippen molar-refractivity contribution in [3.05, 3.63) is 53.6 Å². The zero-order valence-electron chi connectivity index (χ0n) is 13.1. The van der Waals surface area contributed by atoms with Crippen LogP contribution in [-0.2, 0) is 10.2 Å². The van der Waals surface area contributed by atoms with Gasteiger partial charge in [-0.25, -0.2) is 0 Å². The maximum atomic E-state index is 12.8. The lowest BCUT2D eigenvalue weighted by Gasteiger charge is -2.20. The van der Waals surface area contributed by atoms with Crippen LogP contribution in [0.4, 0.5) is 5.69 Å². The fourth-order valence-corrected chi connectivity index (χ4v) is 3.02. The van der Waals surface area contributed by atoms with Crippen molar-refractivity contribution in [1.29, 1.82) is 0 Å². The zero-order valence-corrected chi connectivity index (χ0v) is 13.1. The second kappa shape index (κ2) is 5.30. The molecule has 2 aromatic carbocycles. The van der Waals surface area contributed by atoms with Crippen molar-refractivity contribution in [2.24, 2.45) is 0 Å². The predicted molar refractivity (Wildman–Crippen MR) is 88.2 cm³/mol. The van der Waals surface area contributed by atoms with Gasteiger partial charge >= 0.3 is 0 Å². The first kappa shape index (κ1) is 14.1. The molecule has 0 saturated heterocycles. The third-order valence-electron chi connectivity index (χ3n) is 4.59. The van der Waals surface area contributed by atoms with E-state index in [0.717, 1.165) is 29.8 Å². The molecule has 0 spiro atoms. The van der Waals surface area contributed by atoms with Crippen LogP contribution in [0, 0.1) is 6.92 Å². The molecule has 23 heavy (non-hydrogen) atoms. The van der Waals surface area contributed by atoms with Crippen LogP contribution in [0.2, 0.25) is 0 Å². The monoisotopic (exact) mass is 309 g/mol. The second-order valence-corrected chi connectivity index (χ2v) is 6.26. The maximum absolute atomic E-state index is 12.8. The lowest BCUT2D eigenvalue weighted by atomic mass is 9.94. The molecule has 4 heteroatoms. The first-order chi connectivity index (χ1) is 11.2. The van der Waals surface area contributed by atoms with E-state index in [-0.39, 0.29) is 11.3 Å². The van der Waals surface area contributed by atoms with Gasteiger partial charge < -0.3 is 14.8 Å². The number of hydrogen-bond donors (Lipinski definition) is 1. The van der Waals surface area contributed by atoms with E-state index in [1.165, 1.54) is 5.56 Å². The summed E-state index contributed by atoms with van der Waals surface area (Å²) >= 11 is 0. The molecule has 2 aliphatic rings. The van der Waals surface area contributed by atoms with Gasteiger partial charge in [0, 0.05) is 11.8 Å². The lowest BCUT2D eigenvalue weighted by molar-refractivity contribution is -0.118. The van der Waals surface area contributed by atoms with Gasteiger partial charge in [0.15, 0.2) is 11.5 Å². The SMILES string of the molecule is Cc1ccc(C2(C(=O)Nc3ccc4c(c3)OCCO4)CC2)cc1. The Balaban J connectivity index is 1.55. The number of anilines is 1. The van der Waals surface area contributed by atoms with Crippen LogP contribution in [0.15, 0.2) is 42.5 Å². The fourth-order valence-electron chi connectivity index (χ4n) is 3.02. The zero-order chi connectivity index (χ0) is 15.9. The molecule has 2 aromatic rings. The molecule has 1 aliphatic carbocycles. The molecule has 1 aliphatic heterocycles. The van der Waals surface area contributed by atoms with E-state index < -0.39 is 0 Å². The molecule has 1 amide bonds. The summed E-state index contributed by atoms with van der Waals surface area (Å²) < 4.78 is 11.1. The van der Waals surface area contributed by atoms with Crippen molar-refractivity contribution < 1.29 is 14.3 Å². The Hall–Kier alpha value is -2.49.